The number of aromatic nitrogens is 3. The van der Waals surface area contributed by atoms with Crippen molar-refractivity contribution in [3.8, 4) is 78.6 Å². The summed E-state index contributed by atoms with van der Waals surface area (Å²) >= 11 is 0. The fourth-order valence-corrected chi connectivity index (χ4v) is 8.68. The van der Waals surface area contributed by atoms with E-state index in [2.05, 4.69) is 212 Å². The Kier molecular flexibility index (Phi) is 10.7. The van der Waals surface area contributed by atoms with E-state index in [-0.39, 0.29) is 22.0 Å². The number of benzene rings is 7. The molecule has 0 fully saturated rings. The second-order valence-electron chi connectivity index (χ2n) is 20.2. The highest BCUT2D eigenvalue weighted by atomic mass is 16.3. The van der Waals surface area contributed by atoms with Crippen LogP contribution >= 0.6 is 0 Å². The average molecular weight is 836 g/mol. The van der Waals surface area contributed by atoms with Crippen LogP contribution < -0.4 is 0 Å². The van der Waals surface area contributed by atoms with Crippen molar-refractivity contribution in [3.63, 3.8) is 0 Å². The van der Waals surface area contributed by atoms with Crippen LogP contribution in [-0.2, 0) is 16.2 Å². The van der Waals surface area contributed by atoms with Crippen molar-refractivity contribution in [1.82, 2.24) is 14.5 Å². The van der Waals surface area contributed by atoms with Crippen molar-refractivity contribution in [2.75, 3.05) is 0 Å². The minimum atomic E-state index is -0.149. The number of phenolic OH excluding ortho intramolecular Hbond substituents is 1. The summed E-state index contributed by atoms with van der Waals surface area (Å²) in [5.74, 6) is 0.836. The highest BCUT2D eigenvalue weighted by Gasteiger charge is 2.28. The van der Waals surface area contributed by atoms with Gasteiger partial charge in [-0.2, -0.15) is 0 Å². The Morgan fingerprint density at radius 1 is 0.406 bits per heavy atom. The fourth-order valence-electron chi connectivity index (χ4n) is 8.68. The molecular formula is C60H57N3O. The minimum Gasteiger partial charge on any atom is -0.507 e. The van der Waals surface area contributed by atoms with E-state index in [4.69, 9.17) is 9.97 Å². The zero-order valence-electron chi connectivity index (χ0n) is 38.5. The lowest BCUT2D eigenvalue weighted by atomic mass is 9.82. The summed E-state index contributed by atoms with van der Waals surface area (Å²) in [5.41, 5.74) is 17.7. The molecule has 0 unspecified atom stereocenters. The fraction of sp³-hybridized carbons (Fsp3) is 0.200. The molecule has 4 nitrogen and oxygen atoms in total. The molecular weight excluding hydrogens is 779 g/mol. The van der Waals surface area contributed by atoms with Gasteiger partial charge in [-0.15, -0.1) is 0 Å². The van der Waals surface area contributed by atoms with Crippen LogP contribution in [0.15, 0.2) is 176 Å². The molecule has 0 bridgehead atoms. The van der Waals surface area contributed by atoms with E-state index >= 15 is 0 Å². The van der Waals surface area contributed by atoms with Gasteiger partial charge in [0.2, 0.25) is 0 Å². The summed E-state index contributed by atoms with van der Waals surface area (Å²) in [7, 11) is 0. The molecule has 1 N–H and O–H groups in total. The number of rotatable bonds is 7. The Balaban J connectivity index is 1.32. The molecule has 64 heavy (non-hydrogen) atoms. The number of phenols is 1. The average Bonchev–Trinajstić information content (AvgIpc) is 3.67. The zero-order chi connectivity index (χ0) is 45.0. The highest BCUT2D eigenvalue weighted by molar-refractivity contribution is 5.99. The van der Waals surface area contributed by atoms with E-state index in [1.165, 1.54) is 16.7 Å². The summed E-state index contributed by atoms with van der Waals surface area (Å²) in [4.78, 5) is 10.6. The van der Waals surface area contributed by atoms with Crippen LogP contribution in [0.1, 0.15) is 79.0 Å². The lowest BCUT2D eigenvalue weighted by molar-refractivity contribution is 0.477. The molecule has 4 heteroatoms. The number of hydrogen-bond acceptors (Lipinski definition) is 3. The normalized spacial score (nSPS) is 12.2. The van der Waals surface area contributed by atoms with Crippen LogP contribution in [0.25, 0.3) is 83.9 Å². The molecule has 7 aromatic carbocycles. The number of nitrogens with zero attached hydrogens (tertiary/aromatic N) is 3. The van der Waals surface area contributed by atoms with Crippen molar-refractivity contribution >= 4 is 11.0 Å². The van der Waals surface area contributed by atoms with E-state index in [1.54, 1.807) is 6.07 Å². The van der Waals surface area contributed by atoms with E-state index < -0.39 is 0 Å². The van der Waals surface area contributed by atoms with E-state index in [1.807, 2.05) is 24.4 Å². The van der Waals surface area contributed by atoms with E-state index in [9.17, 15) is 5.11 Å². The molecule has 2 aromatic heterocycles. The van der Waals surface area contributed by atoms with Gasteiger partial charge < -0.3 is 5.11 Å². The Morgan fingerprint density at radius 2 is 0.953 bits per heavy atom. The maximum absolute atomic E-state index is 11.7. The maximum Gasteiger partial charge on any atom is 0.149 e. The number of aromatic hydroxyl groups is 1. The van der Waals surface area contributed by atoms with Crippen molar-refractivity contribution in [3.05, 3.63) is 193 Å². The monoisotopic (exact) mass is 835 g/mol. The first-order valence-corrected chi connectivity index (χ1v) is 22.4. The van der Waals surface area contributed by atoms with Gasteiger partial charge in [-0.25, -0.2) is 4.98 Å². The molecule has 0 aliphatic carbocycles. The molecule has 2 heterocycles. The second-order valence-corrected chi connectivity index (χ2v) is 20.2. The van der Waals surface area contributed by atoms with Gasteiger partial charge in [-0.05, 0) is 115 Å². The second kappa shape index (κ2) is 16.3. The van der Waals surface area contributed by atoms with Gasteiger partial charge in [0.15, 0.2) is 0 Å². The molecule has 318 valence electrons. The molecule has 0 saturated heterocycles. The number of hydrogen-bond donors (Lipinski definition) is 1. The highest BCUT2D eigenvalue weighted by Crippen LogP contribution is 2.46. The topological polar surface area (TPSA) is 50.9 Å². The van der Waals surface area contributed by atoms with Gasteiger partial charge >= 0.3 is 0 Å². The first-order valence-electron chi connectivity index (χ1n) is 22.4. The lowest BCUT2D eigenvalue weighted by Gasteiger charge is -2.26. The van der Waals surface area contributed by atoms with E-state index in [0.717, 1.165) is 72.5 Å². The van der Waals surface area contributed by atoms with Crippen molar-refractivity contribution in [2.45, 2.75) is 78.6 Å². The smallest absolute Gasteiger partial charge is 0.149 e. The quantitative estimate of drug-likeness (QED) is 0.174. The van der Waals surface area contributed by atoms with Crippen molar-refractivity contribution in [2.24, 2.45) is 0 Å². The number of para-hydroxylation sites is 2. The Hall–Kier alpha value is -7.04. The molecule has 9 rings (SSSR count). The number of pyridine rings is 1. The molecule has 9 aromatic rings. The largest absolute Gasteiger partial charge is 0.507 e. The molecule has 0 atom stereocenters. The summed E-state index contributed by atoms with van der Waals surface area (Å²) in [6.45, 7) is 20.3. The van der Waals surface area contributed by atoms with Gasteiger partial charge in [0.25, 0.3) is 0 Å². The first kappa shape index (κ1) is 42.3. The Labute approximate surface area is 379 Å². The SMILES string of the molecule is CC(C)(C)c1ccc(-c2ccnc(-c3cc(-c4cccc5c4nc(-c4ccccc4O)n5-c4c(-c5ccccc5)cc(C(C)(C)C)cc4-c4ccccc4)cc(C(C)(C)C)c3)c2)cc1. The molecule has 0 spiro atoms. The van der Waals surface area contributed by atoms with Crippen LogP contribution in [0.3, 0.4) is 0 Å². The van der Waals surface area contributed by atoms with Crippen LogP contribution in [-0.4, -0.2) is 19.6 Å². The van der Waals surface area contributed by atoms with Gasteiger partial charge in [-0.3, -0.25) is 9.55 Å². The van der Waals surface area contributed by atoms with E-state index in [0.29, 0.717) is 11.4 Å². The third-order valence-electron chi connectivity index (χ3n) is 12.4. The van der Waals surface area contributed by atoms with Crippen LogP contribution in [0.4, 0.5) is 0 Å². The van der Waals surface area contributed by atoms with Crippen LogP contribution in [0.2, 0.25) is 0 Å². The van der Waals surface area contributed by atoms with Crippen molar-refractivity contribution < 1.29 is 5.11 Å². The van der Waals surface area contributed by atoms with Gasteiger partial charge in [-0.1, -0.05) is 178 Å². The predicted octanol–water partition coefficient (Wildman–Crippen LogP) is 16.0. The summed E-state index contributed by atoms with van der Waals surface area (Å²) in [6, 6.07) is 60.1. The maximum atomic E-state index is 11.7. The molecule has 0 amide bonds. The summed E-state index contributed by atoms with van der Waals surface area (Å²) in [5, 5.41) is 11.7. The first-order chi connectivity index (χ1) is 30.5. The number of imidazole rings is 1. The van der Waals surface area contributed by atoms with Gasteiger partial charge in [0.05, 0.1) is 28.0 Å². The zero-order valence-corrected chi connectivity index (χ0v) is 38.5. The Bertz CT molecular complexity index is 3080. The number of fused-ring (bicyclic) bond motifs is 1. The van der Waals surface area contributed by atoms with Gasteiger partial charge in [0, 0.05) is 28.5 Å². The Morgan fingerprint density at radius 3 is 1.55 bits per heavy atom. The van der Waals surface area contributed by atoms with Crippen molar-refractivity contribution in [1.29, 1.82) is 0 Å². The summed E-state index contributed by atoms with van der Waals surface area (Å²) < 4.78 is 2.29. The minimum absolute atomic E-state index is 0.0813. The standard InChI is InChI=1S/C60H57N3O/c1-58(2,3)45-29-27-39(28-30-45)42-31-32-61-52(36-42)44-33-43(34-46(35-44)59(4,5)6)48-24-18-25-53-55(48)62-57(49-23-16-17-26-54(49)64)63(53)56-50(40-19-12-10-13-20-40)37-47(60(7,8)9)38-51(56)41-21-14-11-15-22-41/h10-38,64H,1-9H3. The van der Waals surface area contributed by atoms with Crippen LogP contribution in [0.5, 0.6) is 5.75 Å². The van der Waals surface area contributed by atoms with Crippen LogP contribution in [0, 0.1) is 0 Å². The van der Waals surface area contributed by atoms with Gasteiger partial charge in [0.1, 0.15) is 11.6 Å². The third kappa shape index (κ3) is 8.17. The summed E-state index contributed by atoms with van der Waals surface area (Å²) in [6.07, 6.45) is 1.92. The molecule has 0 aliphatic rings. The predicted molar refractivity (Wildman–Crippen MR) is 269 cm³/mol. The molecule has 0 radical (unpaired) electrons. The molecule has 0 aliphatic heterocycles. The lowest BCUT2D eigenvalue weighted by Crippen LogP contribution is -2.13. The molecule has 0 saturated carbocycles. The third-order valence-corrected chi connectivity index (χ3v) is 12.4.